The van der Waals surface area contributed by atoms with E-state index >= 15 is 0 Å². The molecular weight excluding hydrogens is 359 g/mol. The van der Waals surface area contributed by atoms with Crippen molar-refractivity contribution in [2.45, 2.75) is 0 Å². The van der Waals surface area contributed by atoms with Gasteiger partial charge in [-0.2, -0.15) is 0 Å². The summed E-state index contributed by atoms with van der Waals surface area (Å²) in [7, 11) is 0. The van der Waals surface area contributed by atoms with Crippen LogP contribution in [-0.4, -0.2) is 33.4 Å². The Balaban J connectivity index is -0.0000000655. The number of hydrogen-bond donors (Lipinski definition) is 6. The van der Waals surface area contributed by atoms with E-state index in [0.717, 1.165) is 0 Å². The first-order valence-electron chi connectivity index (χ1n) is 2.10. The predicted molar refractivity (Wildman–Crippen MR) is 23.2 cm³/mol. The normalized spacial score (nSPS) is 10.9. The summed E-state index contributed by atoms with van der Waals surface area (Å²) in [6.45, 7) is 0. The average molecular weight is 365 g/mol. The molecule has 0 spiro atoms. The Morgan fingerprint density at radius 2 is 0.438 bits per heavy atom. The van der Waals surface area contributed by atoms with Crippen molar-refractivity contribution >= 4 is 8.41 Å². The molecule has 0 aromatic carbocycles. The molecular formula is H6BCr3O12. The van der Waals surface area contributed by atoms with Crippen LogP contribution < -0.4 is 0 Å². The van der Waals surface area contributed by atoms with Gasteiger partial charge in [0.25, 0.3) is 0 Å². The molecule has 0 heterocycles. The molecule has 0 atom stereocenters. The second kappa shape index (κ2) is 9.27. The van der Waals surface area contributed by atoms with Crippen molar-refractivity contribution in [1.29, 1.82) is 0 Å². The van der Waals surface area contributed by atoms with E-state index < -0.39 is 40.8 Å². The van der Waals surface area contributed by atoms with E-state index in [4.69, 9.17) is 47.8 Å². The topological polar surface area (TPSA) is 224 Å². The Morgan fingerprint density at radius 1 is 0.438 bits per heavy atom. The molecule has 16 heteroatoms. The number of rotatable bonds is 0. The van der Waals surface area contributed by atoms with Crippen molar-refractivity contribution in [3.8, 4) is 0 Å². The Kier molecular flexibility index (Phi) is 14.6. The summed E-state index contributed by atoms with van der Waals surface area (Å²) in [5.41, 5.74) is 0. The molecule has 0 aromatic rings. The van der Waals surface area contributed by atoms with Gasteiger partial charge in [-0.25, -0.2) is 0 Å². The fourth-order valence-corrected chi connectivity index (χ4v) is 0. The van der Waals surface area contributed by atoms with Gasteiger partial charge in [0.1, 0.15) is 0 Å². The van der Waals surface area contributed by atoms with Crippen LogP contribution in [0.4, 0.5) is 0 Å². The van der Waals surface area contributed by atoms with Gasteiger partial charge >= 0.3 is 88.6 Å². The molecule has 6 N–H and O–H groups in total. The van der Waals surface area contributed by atoms with Crippen LogP contribution >= 0.6 is 0 Å². The summed E-state index contributed by atoms with van der Waals surface area (Å²) in [6.07, 6.45) is 0. The fraction of sp³-hybridized carbons (Fsp3) is 0. The van der Waals surface area contributed by atoms with E-state index in [-0.39, 0.29) is 8.41 Å². The van der Waals surface area contributed by atoms with Crippen molar-refractivity contribution in [2.24, 2.45) is 0 Å². The third-order valence-corrected chi connectivity index (χ3v) is 0. The molecule has 12 nitrogen and oxygen atoms in total. The first-order chi connectivity index (χ1) is 6.00. The third-order valence-electron chi connectivity index (χ3n) is 0. The van der Waals surface area contributed by atoms with Gasteiger partial charge in [0.15, 0.2) is 0 Å². The Bertz CT molecular complexity index is 337. The van der Waals surface area contributed by atoms with Gasteiger partial charge in [0.05, 0.1) is 0 Å². The molecule has 3 radical (unpaired) electrons. The van der Waals surface area contributed by atoms with Gasteiger partial charge in [-0.05, 0) is 0 Å². The zero-order chi connectivity index (χ0) is 13.5. The minimum atomic E-state index is -5.25. The summed E-state index contributed by atoms with van der Waals surface area (Å²) in [6, 6.07) is 0. The molecule has 0 aliphatic rings. The summed E-state index contributed by atoms with van der Waals surface area (Å²) in [5, 5.41) is 0. The van der Waals surface area contributed by atoms with Crippen LogP contribution in [-0.2, 0) is 63.7 Å². The van der Waals surface area contributed by atoms with Crippen LogP contribution in [0.1, 0.15) is 0 Å². The second-order valence-electron chi connectivity index (χ2n) is 1.34. The number of hydrogen-bond acceptors (Lipinski definition) is 6. The fourth-order valence-electron chi connectivity index (χ4n) is 0. The molecule has 0 aliphatic heterocycles. The van der Waals surface area contributed by atoms with E-state index in [1.807, 2.05) is 0 Å². The molecule has 0 saturated heterocycles. The average Bonchev–Trinajstić information content (AvgIpc) is 1.41. The Hall–Kier alpha value is 0.222. The molecule has 0 fully saturated rings. The van der Waals surface area contributed by atoms with Gasteiger partial charge < -0.3 is 0 Å². The van der Waals surface area contributed by atoms with Crippen molar-refractivity contribution in [1.82, 2.24) is 0 Å². The zero-order valence-corrected chi connectivity index (χ0v) is 10.8. The van der Waals surface area contributed by atoms with Crippen LogP contribution in [0.25, 0.3) is 0 Å². The standard InChI is InChI=1S/B.3Cr.6H2O.6O/h;;;;6*1H2;;;;;;/q;3*+2;;;;;;;;;;;;/p-6. The molecule has 0 aromatic heterocycles. The van der Waals surface area contributed by atoms with Crippen LogP contribution in [0.5, 0.6) is 0 Å². The van der Waals surface area contributed by atoms with Gasteiger partial charge in [-0.3, -0.25) is 0 Å². The van der Waals surface area contributed by atoms with Crippen molar-refractivity contribution in [3.05, 3.63) is 0 Å². The second-order valence-corrected chi connectivity index (χ2v) is 5.54. The van der Waals surface area contributed by atoms with Crippen molar-refractivity contribution in [2.75, 3.05) is 0 Å². The van der Waals surface area contributed by atoms with Crippen molar-refractivity contribution in [3.63, 3.8) is 0 Å². The molecule has 0 bridgehead atoms. The quantitative estimate of drug-likeness (QED) is 0.224. The van der Waals surface area contributed by atoms with Gasteiger partial charge in [0.2, 0.25) is 0 Å². The summed E-state index contributed by atoms with van der Waals surface area (Å²) in [4.78, 5) is 0. The van der Waals surface area contributed by atoms with E-state index in [1.165, 1.54) is 0 Å². The van der Waals surface area contributed by atoms with Crippen molar-refractivity contribution < 1.29 is 88.6 Å². The predicted octanol–water partition coefficient (Wildman–Crippen LogP) is -4.44. The zero-order valence-electron chi connectivity index (χ0n) is 6.93. The van der Waals surface area contributed by atoms with Crippen LogP contribution in [0.15, 0.2) is 0 Å². The minimum absolute atomic E-state index is 0. The molecule has 0 saturated carbocycles. The van der Waals surface area contributed by atoms with Gasteiger partial charge in [-0.15, -0.1) is 0 Å². The van der Waals surface area contributed by atoms with Gasteiger partial charge in [-0.1, -0.05) is 0 Å². The molecule has 0 aliphatic carbocycles. The molecule has 0 amide bonds. The summed E-state index contributed by atoms with van der Waals surface area (Å²) < 4.78 is 95.6. The van der Waals surface area contributed by atoms with E-state index in [1.54, 1.807) is 0 Å². The SMILES string of the molecule is [B].[O]=[Cr](=[O])([OH])[OH].[O]=[Cr](=[O])([OH])[OH].[O]=[Cr](=[O])([OH])[OH]. The summed E-state index contributed by atoms with van der Waals surface area (Å²) >= 11 is -15.8. The molecule has 0 unspecified atom stereocenters. The molecule has 99 valence electrons. The van der Waals surface area contributed by atoms with E-state index in [9.17, 15) is 0 Å². The first-order valence-corrected chi connectivity index (χ1v) is 8.64. The Labute approximate surface area is 96.9 Å². The van der Waals surface area contributed by atoms with Crippen LogP contribution in [0.3, 0.4) is 0 Å². The van der Waals surface area contributed by atoms with Gasteiger partial charge in [0, 0.05) is 8.41 Å². The van der Waals surface area contributed by atoms with Crippen LogP contribution in [0.2, 0.25) is 0 Å². The Morgan fingerprint density at radius 3 is 0.438 bits per heavy atom. The third kappa shape index (κ3) is 50300. The van der Waals surface area contributed by atoms with E-state index in [0.29, 0.717) is 0 Å². The monoisotopic (exact) mass is 365 g/mol. The molecule has 16 heavy (non-hydrogen) atoms. The maximum absolute atomic E-state index is 8.82. The maximum atomic E-state index is 8.82. The summed E-state index contributed by atoms with van der Waals surface area (Å²) in [5.74, 6) is 0. The van der Waals surface area contributed by atoms with Crippen LogP contribution in [0, 0.1) is 0 Å². The first kappa shape index (κ1) is 25.2. The van der Waals surface area contributed by atoms with E-state index in [2.05, 4.69) is 0 Å². The molecule has 0 rings (SSSR count).